The number of aromatic hydroxyl groups is 1. The molecule has 0 fully saturated rings. The highest BCUT2D eigenvalue weighted by Crippen LogP contribution is 2.33. The maximum Gasteiger partial charge on any atom is 0.120 e. The van der Waals surface area contributed by atoms with E-state index in [4.69, 9.17) is 0 Å². The Kier molecular flexibility index (Phi) is 2.03. The van der Waals surface area contributed by atoms with Gasteiger partial charge < -0.3 is 5.11 Å². The molecule has 2 aromatic carbocycles. The summed E-state index contributed by atoms with van der Waals surface area (Å²) in [6.07, 6.45) is 5.00. The van der Waals surface area contributed by atoms with E-state index < -0.39 is 0 Å². The molecule has 0 atom stereocenters. The van der Waals surface area contributed by atoms with Crippen molar-refractivity contribution in [2.45, 2.75) is 6.42 Å². The van der Waals surface area contributed by atoms with E-state index in [0.717, 1.165) is 28.7 Å². The largest absolute Gasteiger partial charge is 0.508 e. The predicted molar refractivity (Wildman–Crippen MR) is 66.3 cm³/mol. The molecule has 0 unspecified atom stereocenters. The third-order valence-electron chi connectivity index (χ3n) is 2.99. The van der Waals surface area contributed by atoms with Gasteiger partial charge in [-0.2, -0.15) is 0 Å². The van der Waals surface area contributed by atoms with Gasteiger partial charge >= 0.3 is 0 Å². The summed E-state index contributed by atoms with van der Waals surface area (Å²) >= 11 is 0. The lowest BCUT2D eigenvalue weighted by Crippen LogP contribution is -1.85. The molecule has 0 aromatic heterocycles. The van der Waals surface area contributed by atoms with Crippen LogP contribution in [0.25, 0.3) is 17.2 Å². The minimum absolute atomic E-state index is 0.404. The fraction of sp³-hybridized carbons (Fsp3) is 0.0667. The van der Waals surface area contributed by atoms with Crippen LogP contribution in [0.3, 0.4) is 0 Å². The van der Waals surface area contributed by atoms with Crippen LogP contribution in [0.2, 0.25) is 0 Å². The summed E-state index contributed by atoms with van der Waals surface area (Å²) in [5, 5.41) is 9.93. The topological polar surface area (TPSA) is 20.2 Å². The van der Waals surface area contributed by atoms with Crippen LogP contribution in [-0.2, 0) is 6.42 Å². The van der Waals surface area contributed by atoms with E-state index in [1.54, 1.807) is 0 Å². The van der Waals surface area contributed by atoms with Gasteiger partial charge in [-0.1, -0.05) is 42.5 Å². The highest BCUT2D eigenvalue weighted by Gasteiger charge is 2.11. The van der Waals surface area contributed by atoms with Crippen LogP contribution >= 0.6 is 0 Å². The molecular formula is C15H12O. The van der Waals surface area contributed by atoms with Gasteiger partial charge in [-0.25, -0.2) is 0 Å². The second kappa shape index (κ2) is 3.53. The Balaban J connectivity index is 2.17. The molecule has 0 bridgehead atoms. The molecule has 0 radical (unpaired) electrons. The first-order chi connectivity index (χ1) is 7.84. The van der Waals surface area contributed by atoms with Crippen LogP contribution in [0, 0.1) is 0 Å². The van der Waals surface area contributed by atoms with Gasteiger partial charge in [0.05, 0.1) is 0 Å². The second-order valence-corrected chi connectivity index (χ2v) is 4.04. The smallest absolute Gasteiger partial charge is 0.120 e. The number of allylic oxidation sites excluding steroid dienone is 1. The van der Waals surface area contributed by atoms with E-state index in [-0.39, 0.29) is 0 Å². The Labute approximate surface area is 94.7 Å². The number of hydrogen-bond donors (Lipinski definition) is 1. The van der Waals surface area contributed by atoms with Gasteiger partial charge in [0.25, 0.3) is 0 Å². The summed E-state index contributed by atoms with van der Waals surface area (Å²) in [7, 11) is 0. The first-order valence-corrected chi connectivity index (χ1v) is 5.42. The SMILES string of the molecule is Oc1cc(-c2ccccc2)cc2c1CC=C2. The van der Waals surface area contributed by atoms with Crippen LogP contribution in [0.5, 0.6) is 5.75 Å². The van der Waals surface area contributed by atoms with Crippen molar-refractivity contribution in [3.63, 3.8) is 0 Å². The van der Waals surface area contributed by atoms with E-state index in [9.17, 15) is 5.11 Å². The summed E-state index contributed by atoms with van der Waals surface area (Å²) in [5.74, 6) is 0.404. The quantitative estimate of drug-likeness (QED) is 0.758. The minimum Gasteiger partial charge on any atom is -0.508 e. The first kappa shape index (κ1) is 9.22. The molecule has 0 saturated carbocycles. The van der Waals surface area contributed by atoms with E-state index in [1.807, 2.05) is 24.3 Å². The molecule has 0 saturated heterocycles. The van der Waals surface area contributed by atoms with Gasteiger partial charge in [0, 0.05) is 5.56 Å². The third kappa shape index (κ3) is 1.41. The lowest BCUT2D eigenvalue weighted by atomic mass is 9.99. The summed E-state index contributed by atoms with van der Waals surface area (Å²) < 4.78 is 0. The van der Waals surface area contributed by atoms with Crippen molar-refractivity contribution < 1.29 is 5.11 Å². The summed E-state index contributed by atoms with van der Waals surface area (Å²) in [6.45, 7) is 0. The highest BCUT2D eigenvalue weighted by atomic mass is 16.3. The maximum atomic E-state index is 9.93. The van der Waals surface area contributed by atoms with E-state index in [1.165, 1.54) is 0 Å². The van der Waals surface area contributed by atoms with E-state index >= 15 is 0 Å². The molecule has 0 aliphatic heterocycles. The molecule has 3 rings (SSSR count). The number of rotatable bonds is 1. The highest BCUT2D eigenvalue weighted by molar-refractivity contribution is 5.74. The molecule has 0 heterocycles. The van der Waals surface area contributed by atoms with Gasteiger partial charge in [0.15, 0.2) is 0 Å². The fourth-order valence-corrected chi connectivity index (χ4v) is 2.15. The van der Waals surface area contributed by atoms with Crippen LogP contribution in [0.1, 0.15) is 11.1 Å². The number of phenolic OH excluding ortho intramolecular Hbond substituents is 1. The standard InChI is InChI=1S/C15H12O/c16-15-10-13(11-5-2-1-3-6-11)9-12-7-4-8-14(12)15/h1-7,9-10,16H,8H2. The molecule has 78 valence electrons. The average Bonchev–Trinajstić information content (AvgIpc) is 2.79. The number of hydrogen-bond acceptors (Lipinski definition) is 1. The van der Waals surface area contributed by atoms with Crippen molar-refractivity contribution in [3.8, 4) is 16.9 Å². The second-order valence-electron chi connectivity index (χ2n) is 4.04. The molecule has 16 heavy (non-hydrogen) atoms. The monoisotopic (exact) mass is 208 g/mol. The lowest BCUT2D eigenvalue weighted by molar-refractivity contribution is 0.470. The minimum atomic E-state index is 0.404. The molecule has 1 heteroatoms. The zero-order valence-corrected chi connectivity index (χ0v) is 8.85. The molecule has 0 spiro atoms. The van der Waals surface area contributed by atoms with Crippen LogP contribution < -0.4 is 0 Å². The van der Waals surface area contributed by atoms with Crippen LogP contribution in [0.4, 0.5) is 0 Å². The first-order valence-electron chi connectivity index (χ1n) is 5.42. The van der Waals surface area contributed by atoms with Gasteiger partial charge in [-0.3, -0.25) is 0 Å². The molecule has 1 nitrogen and oxygen atoms in total. The van der Waals surface area contributed by atoms with Crippen molar-refractivity contribution in [2.75, 3.05) is 0 Å². The summed E-state index contributed by atoms with van der Waals surface area (Å²) in [6, 6.07) is 14.1. The van der Waals surface area contributed by atoms with Crippen molar-refractivity contribution in [3.05, 3.63) is 59.7 Å². The molecule has 1 N–H and O–H groups in total. The molecule has 2 aromatic rings. The average molecular weight is 208 g/mol. The number of benzene rings is 2. The third-order valence-corrected chi connectivity index (χ3v) is 2.99. The molecule has 1 aliphatic carbocycles. The lowest BCUT2D eigenvalue weighted by Gasteiger charge is -2.07. The predicted octanol–water partition coefficient (Wildman–Crippen LogP) is 3.63. The zero-order chi connectivity index (χ0) is 11.0. The van der Waals surface area contributed by atoms with Crippen molar-refractivity contribution in [1.29, 1.82) is 0 Å². The van der Waals surface area contributed by atoms with Gasteiger partial charge in [-0.05, 0) is 35.2 Å². The Bertz CT molecular complexity index is 553. The molecule has 0 amide bonds. The van der Waals surface area contributed by atoms with Gasteiger partial charge in [0.2, 0.25) is 0 Å². The van der Waals surface area contributed by atoms with Crippen LogP contribution in [0.15, 0.2) is 48.5 Å². The van der Waals surface area contributed by atoms with E-state index in [2.05, 4.69) is 30.4 Å². The van der Waals surface area contributed by atoms with Crippen molar-refractivity contribution in [1.82, 2.24) is 0 Å². The number of phenols is 1. The summed E-state index contributed by atoms with van der Waals surface area (Å²) in [5.41, 5.74) is 4.39. The van der Waals surface area contributed by atoms with Crippen LogP contribution in [-0.4, -0.2) is 5.11 Å². The Morgan fingerprint density at radius 3 is 2.56 bits per heavy atom. The Morgan fingerprint density at radius 1 is 0.938 bits per heavy atom. The van der Waals surface area contributed by atoms with E-state index in [0.29, 0.717) is 5.75 Å². The zero-order valence-electron chi connectivity index (χ0n) is 8.85. The Morgan fingerprint density at radius 2 is 1.75 bits per heavy atom. The van der Waals surface area contributed by atoms with Gasteiger partial charge in [-0.15, -0.1) is 0 Å². The maximum absolute atomic E-state index is 9.93. The molecule has 1 aliphatic rings. The number of fused-ring (bicyclic) bond motifs is 1. The molecular weight excluding hydrogens is 196 g/mol. The summed E-state index contributed by atoms with van der Waals surface area (Å²) in [4.78, 5) is 0. The van der Waals surface area contributed by atoms with Crippen molar-refractivity contribution >= 4 is 6.08 Å². The Hall–Kier alpha value is -2.02. The van der Waals surface area contributed by atoms with Gasteiger partial charge in [0.1, 0.15) is 5.75 Å². The van der Waals surface area contributed by atoms with Crippen molar-refractivity contribution in [2.24, 2.45) is 0 Å². The normalized spacial score (nSPS) is 12.8. The fourth-order valence-electron chi connectivity index (χ4n) is 2.15.